The Hall–Kier alpha value is -1.61. The van der Waals surface area contributed by atoms with Gasteiger partial charge in [-0.2, -0.15) is 0 Å². The number of carbonyl (C=O) groups is 1. The van der Waals surface area contributed by atoms with Gasteiger partial charge in [-0.3, -0.25) is 9.36 Å². The zero-order valence-electron chi connectivity index (χ0n) is 12.8. The molecule has 0 saturated carbocycles. The average molecular weight is 341 g/mol. The Morgan fingerprint density at radius 2 is 2.27 bits per heavy atom. The Balaban J connectivity index is 1.97. The van der Waals surface area contributed by atoms with Crippen LogP contribution in [0.5, 0.6) is 0 Å². The monoisotopic (exact) mass is 341 g/mol. The van der Waals surface area contributed by atoms with Crippen LogP contribution in [0.25, 0.3) is 0 Å². The summed E-state index contributed by atoms with van der Waals surface area (Å²) in [5, 5.41) is 9.93. The molecule has 9 heteroatoms. The number of nitrogens with one attached hydrogen (secondary N) is 1. The van der Waals surface area contributed by atoms with Crippen molar-refractivity contribution in [2.75, 3.05) is 14.1 Å². The lowest BCUT2D eigenvalue weighted by molar-refractivity contribution is -0.127. The van der Waals surface area contributed by atoms with E-state index in [1.54, 1.807) is 23.6 Å². The number of thioether (sulfide) groups is 1. The van der Waals surface area contributed by atoms with Crippen LogP contribution in [-0.2, 0) is 23.5 Å². The molecule has 0 fully saturated rings. The van der Waals surface area contributed by atoms with Crippen molar-refractivity contribution in [1.82, 2.24) is 24.6 Å². The summed E-state index contributed by atoms with van der Waals surface area (Å²) in [6.45, 7) is 2.67. The molecule has 0 saturated heterocycles. The zero-order valence-corrected chi connectivity index (χ0v) is 14.5. The number of aromatic amines is 1. The van der Waals surface area contributed by atoms with Crippen molar-refractivity contribution in [2.45, 2.75) is 37.2 Å². The lowest BCUT2D eigenvalue weighted by Crippen LogP contribution is -2.23. The quantitative estimate of drug-likeness (QED) is 0.769. The minimum atomic E-state index is -0.181. The first-order valence-electron chi connectivity index (χ1n) is 6.92. The summed E-state index contributed by atoms with van der Waals surface area (Å²) >= 11 is 2.95. The topological polar surface area (TPSA) is 83.9 Å². The Kier molecular flexibility index (Phi) is 5.78. The van der Waals surface area contributed by atoms with Crippen molar-refractivity contribution in [3.05, 3.63) is 26.6 Å². The molecule has 0 bridgehead atoms. The van der Waals surface area contributed by atoms with Gasteiger partial charge in [-0.15, -0.1) is 16.4 Å². The second-order valence-electron chi connectivity index (χ2n) is 4.95. The highest BCUT2D eigenvalue weighted by Crippen LogP contribution is 2.21. The molecule has 0 aromatic carbocycles. The van der Waals surface area contributed by atoms with Gasteiger partial charge in [0.1, 0.15) is 5.01 Å². The highest BCUT2D eigenvalue weighted by atomic mass is 32.2. The van der Waals surface area contributed by atoms with E-state index in [1.807, 2.05) is 12.3 Å². The van der Waals surface area contributed by atoms with Crippen molar-refractivity contribution >= 4 is 29.0 Å². The van der Waals surface area contributed by atoms with Crippen LogP contribution in [0, 0.1) is 0 Å². The highest BCUT2D eigenvalue weighted by molar-refractivity contribution is 7.98. The van der Waals surface area contributed by atoms with Gasteiger partial charge < -0.3 is 4.90 Å². The van der Waals surface area contributed by atoms with Crippen molar-refractivity contribution < 1.29 is 4.79 Å². The predicted octanol–water partition coefficient (Wildman–Crippen LogP) is 1.36. The Labute approximate surface area is 136 Å². The number of carbonyl (C=O) groups excluding carboxylic acids is 1. The van der Waals surface area contributed by atoms with Gasteiger partial charge in [0.15, 0.2) is 5.16 Å². The van der Waals surface area contributed by atoms with Crippen molar-refractivity contribution in [3.63, 3.8) is 0 Å². The largest absolute Gasteiger partial charge is 0.348 e. The number of rotatable bonds is 7. The Morgan fingerprint density at radius 1 is 1.50 bits per heavy atom. The van der Waals surface area contributed by atoms with Crippen LogP contribution in [0.2, 0.25) is 0 Å². The molecule has 1 N–H and O–H groups in total. The number of nitrogens with zero attached hydrogens (tertiary/aromatic N) is 4. The molecule has 0 atom stereocenters. The summed E-state index contributed by atoms with van der Waals surface area (Å²) in [7, 11) is 3.47. The molecule has 0 aliphatic heterocycles. The number of likely N-dealkylation sites (N-methyl/N-ethyl adjacent to an activating group) is 1. The number of thiazole rings is 1. The maximum Gasteiger partial charge on any atom is 0.343 e. The summed E-state index contributed by atoms with van der Waals surface area (Å²) in [6, 6.07) is 0. The van der Waals surface area contributed by atoms with Crippen molar-refractivity contribution in [3.8, 4) is 0 Å². The molecule has 120 valence electrons. The molecular weight excluding hydrogens is 322 g/mol. The number of aromatic nitrogens is 4. The van der Waals surface area contributed by atoms with Gasteiger partial charge in [0.05, 0.1) is 12.1 Å². The van der Waals surface area contributed by atoms with Crippen LogP contribution >= 0.6 is 23.1 Å². The lowest BCUT2D eigenvalue weighted by atomic mass is 10.4. The number of hydrogen-bond acceptors (Lipinski definition) is 6. The third kappa shape index (κ3) is 4.20. The van der Waals surface area contributed by atoms with E-state index < -0.39 is 0 Å². The molecule has 0 radical (unpaired) electrons. The van der Waals surface area contributed by atoms with Crippen LogP contribution in [0.3, 0.4) is 0 Å². The fraction of sp³-hybridized carbons (Fsp3) is 0.538. The smallest absolute Gasteiger partial charge is 0.343 e. The van der Waals surface area contributed by atoms with Gasteiger partial charge in [0.25, 0.3) is 0 Å². The maximum absolute atomic E-state index is 11.7. The third-order valence-electron chi connectivity index (χ3n) is 2.92. The number of hydrogen-bond donors (Lipinski definition) is 1. The second-order valence-corrected chi connectivity index (χ2v) is 6.83. The van der Waals surface area contributed by atoms with E-state index in [0.717, 1.165) is 17.1 Å². The summed E-state index contributed by atoms with van der Waals surface area (Å²) in [5.41, 5.74) is 0.718. The van der Waals surface area contributed by atoms with Crippen LogP contribution < -0.4 is 5.69 Å². The Bertz CT molecular complexity index is 689. The van der Waals surface area contributed by atoms with Gasteiger partial charge >= 0.3 is 5.69 Å². The molecule has 1 amide bonds. The molecule has 0 aliphatic rings. The van der Waals surface area contributed by atoms with E-state index in [2.05, 4.69) is 15.2 Å². The van der Waals surface area contributed by atoms with Gasteiger partial charge in [-0.1, -0.05) is 18.7 Å². The third-order valence-corrected chi connectivity index (χ3v) is 4.83. The van der Waals surface area contributed by atoms with E-state index in [1.165, 1.54) is 23.1 Å². The summed E-state index contributed by atoms with van der Waals surface area (Å²) in [5.74, 6) is 0.665. The summed E-state index contributed by atoms with van der Waals surface area (Å²) in [4.78, 5) is 29.3. The molecule has 2 aromatic heterocycles. The first-order chi connectivity index (χ1) is 10.5. The molecule has 7 nitrogen and oxygen atoms in total. The van der Waals surface area contributed by atoms with Gasteiger partial charge in [-0.25, -0.2) is 14.9 Å². The Morgan fingerprint density at radius 3 is 2.95 bits per heavy atom. The summed E-state index contributed by atoms with van der Waals surface area (Å²) in [6.07, 6.45) is 1.20. The lowest BCUT2D eigenvalue weighted by Gasteiger charge is -2.07. The minimum absolute atomic E-state index is 0.0395. The van der Waals surface area contributed by atoms with Crippen LogP contribution in [0.15, 0.2) is 15.3 Å². The van der Waals surface area contributed by atoms with Gasteiger partial charge in [-0.05, 0) is 6.42 Å². The number of H-pyrrole nitrogens is 1. The normalized spacial score (nSPS) is 10.9. The average Bonchev–Trinajstić information content (AvgIpc) is 3.05. The van der Waals surface area contributed by atoms with Gasteiger partial charge in [0, 0.05) is 31.8 Å². The minimum Gasteiger partial charge on any atom is -0.348 e. The molecule has 2 heterocycles. The predicted molar refractivity (Wildman–Crippen MR) is 87.2 cm³/mol. The van der Waals surface area contributed by atoms with E-state index in [-0.39, 0.29) is 11.6 Å². The van der Waals surface area contributed by atoms with E-state index in [4.69, 9.17) is 0 Å². The highest BCUT2D eigenvalue weighted by Gasteiger charge is 2.12. The van der Waals surface area contributed by atoms with Crippen LogP contribution in [0.4, 0.5) is 0 Å². The number of amides is 1. The standard InChI is InChI=1S/C13H19N5O2S2/c1-4-5-18-12(20)15-16-13(18)22-8-9-7-21-10(14-9)6-11(19)17(2)3/h7H,4-6,8H2,1-3H3,(H,15,20). The van der Waals surface area contributed by atoms with Crippen LogP contribution in [0.1, 0.15) is 24.0 Å². The fourth-order valence-electron chi connectivity index (χ4n) is 1.76. The molecule has 2 aromatic rings. The van der Waals surface area contributed by atoms with Crippen molar-refractivity contribution in [1.29, 1.82) is 0 Å². The van der Waals surface area contributed by atoms with E-state index in [0.29, 0.717) is 23.9 Å². The SMILES string of the molecule is CCCn1c(SCc2csc(CC(=O)N(C)C)n2)n[nH]c1=O. The van der Waals surface area contributed by atoms with E-state index in [9.17, 15) is 9.59 Å². The molecular formula is C13H19N5O2S2. The molecule has 0 aliphatic carbocycles. The molecule has 0 unspecified atom stereocenters. The first kappa shape index (κ1) is 16.8. The molecule has 22 heavy (non-hydrogen) atoms. The van der Waals surface area contributed by atoms with E-state index >= 15 is 0 Å². The maximum atomic E-state index is 11.7. The fourth-order valence-corrected chi connectivity index (χ4v) is 3.51. The second kappa shape index (κ2) is 7.59. The first-order valence-corrected chi connectivity index (χ1v) is 8.79. The zero-order chi connectivity index (χ0) is 16.1. The van der Waals surface area contributed by atoms with Gasteiger partial charge in [0.2, 0.25) is 5.91 Å². The molecule has 0 spiro atoms. The van der Waals surface area contributed by atoms with Crippen LogP contribution in [-0.4, -0.2) is 44.7 Å². The van der Waals surface area contributed by atoms with Crippen molar-refractivity contribution in [2.24, 2.45) is 0 Å². The molecule has 2 rings (SSSR count). The summed E-state index contributed by atoms with van der Waals surface area (Å²) < 4.78 is 1.63.